The van der Waals surface area contributed by atoms with Crippen molar-refractivity contribution in [3.8, 4) is 0 Å². The van der Waals surface area contributed by atoms with Gasteiger partial charge in [0.15, 0.2) is 0 Å². The summed E-state index contributed by atoms with van der Waals surface area (Å²) >= 11 is 0. The maximum Gasteiger partial charge on any atom is 0.240 e. The molecule has 1 aliphatic heterocycles. The lowest BCUT2D eigenvalue weighted by Gasteiger charge is -2.08. The van der Waals surface area contributed by atoms with Gasteiger partial charge in [0, 0.05) is 6.54 Å². The number of hydrogen-bond donors (Lipinski definition) is 2. The molecule has 0 aliphatic carbocycles. The van der Waals surface area contributed by atoms with Crippen molar-refractivity contribution in [2.24, 2.45) is 0 Å². The Morgan fingerprint density at radius 2 is 1.72 bits per heavy atom. The molecule has 1 saturated heterocycles. The molecule has 4 nitrogen and oxygen atoms in total. The maximum absolute atomic E-state index is 11.3. The van der Waals surface area contributed by atoms with Gasteiger partial charge < -0.3 is 5.32 Å². The molecule has 1 aromatic carbocycles. The van der Waals surface area contributed by atoms with Crippen LogP contribution in [0.1, 0.15) is 26.2 Å². The Morgan fingerprint density at radius 3 is 2.11 bits per heavy atom. The van der Waals surface area contributed by atoms with E-state index in [0.29, 0.717) is 11.4 Å². The molecule has 0 amide bonds. The molecule has 102 valence electrons. The topological polar surface area (TPSA) is 58.2 Å². The second-order valence-corrected chi connectivity index (χ2v) is 5.89. The lowest BCUT2D eigenvalue weighted by Crippen LogP contribution is -2.22. The molecule has 0 bridgehead atoms. The van der Waals surface area contributed by atoms with Crippen molar-refractivity contribution in [1.82, 2.24) is 10.0 Å². The van der Waals surface area contributed by atoms with Crippen LogP contribution in [0.3, 0.4) is 0 Å². The molecule has 2 rings (SSSR count). The van der Waals surface area contributed by atoms with E-state index in [-0.39, 0.29) is 0 Å². The van der Waals surface area contributed by atoms with Crippen LogP contribution in [0, 0.1) is 0 Å². The summed E-state index contributed by atoms with van der Waals surface area (Å²) in [5.41, 5.74) is 0. The zero-order valence-electron chi connectivity index (χ0n) is 10.9. The van der Waals surface area contributed by atoms with Gasteiger partial charge in [-0.2, -0.15) is 0 Å². The predicted octanol–water partition coefficient (Wildman–Crippen LogP) is 1.74. The molecule has 1 fully saturated rings. The van der Waals surface area contributed by atoms with Crippen LogP contribution < -0.4 is 10.0 Å². The van der Waals surface area contributed by atoms with E-state index in [1.54, 1.807) is 37.3 Å². The van der Waals surface area contributed by atoms with Gasteiger partial charge in [-0.3, -0.25) is 0 Å². The summed E-state index contributed by atoms with van der Waals surface area (Å²) in [6, 6.07) is 8.31. The summed E-state index contributed by atoms with van der Waals surface area (Å²) in [4.78, 5) is 0.312. The largest absolute Gasteiger partial charge is 0.317 e. The highest BCUT2D eigenvalue weighted by atomic mass is 32.2. The van der Waals surface area contributed by atoms with E-state index in [0.717, 1.165) is 0 Å². The number of benzene rings is 1. The number of nitrogens with one attached hydrogen (secondary N) is 2. The second-order valence-electron chi connectivity index (χ2n) is 4.13. The Bertz CT molecular complexity index is 402. The van der Waals surface area contributed by atoms with Gasteiger partial charge in [0.2, 0.25) is 10.0 Å². The Morgan fingerprint density at radius 1 is 1.11 bits per heavy atom. The molecular weight excluding hydrogens is 248 g/mol. The Hall–Kier alpha value is -0.910. The van der Waals surface area contributed by atoms with Gasteiger partial charge in [0.1, 0.15) is 0 Å². The van der Waals surface area contributed by atoms with Crippen LogP contribution in [0.2, 0.25) is 0 Å². The fraction of sp³-hybridized carbons (Fsp3) is 0.538. The van der Waals surface area contributed by atoms with Crippen LogP contribution in [0.15, 0.2) is 35.2 Å². The molecule has 1 heterocycles. The first-order chi connectivity index (χ1) is 8.67. The van der Waals surface area contributed by atoms with E-state index in [1.165, 1.54) is 32.4 Å². The van der Waals surface area contributed by atoms with E-state index in [2.05, 4.69) is 10.0 Å². The molecular formula is C13H22N2O2S. The first kappa shape index (κ1) is 15.1. The van der Waals surface area contributed by atoms with E-state index in [4.69, 9.17) is 0 Å². The highest BCUT2D eigenvalue weighted by Gasteiger charge is 2.10. The average Bonchev–Trinajstić information content (AvgIpc) is 2.42. The van der Waals surface area contributed by atoms with Gasteiger partial charge in [-0.1, -0.05) is 31.5 Å². The maximum atomic E-state index is 11.3. The van der Waals surface area contributed by atoms with Crippen LogP contribution in [0.5, 0.6) is 0 Å². The zero-order valence-corrected chi connectivity index (χ0v) is 11.7. The Labute approximate surface area is 110 Å². The minimum Gasteiger partial charge on any atom is -0.317 e. The molecule has 1 aromatic rings. The highest BCUT2D eigenvalue weighted by Crippen LogP contribution is 2.05. The Kier molecular flexibility index (Phi) is 6.93. The Balaban J connectivity index is 0.000000225. The number of piperidine rings is 1. The van der Waals surface area contributed by atoms with Gasteiger partial charge >= 0.3 is 0 Å². The van der Waals surface area contributed by atoms with Gasteiger partial charge in [0.05, 0.1) is 4.90 Å². The predicted molar refractivity (Wildman–Crippen MR) is 74.0 cm³/mol. The summed E-state index contributed by atoms with van der Waals surface area (Å²) < 4.78 is 25.1. The summed E-state index contributed by atoms with van der Waals surface area (Å²) in [6.07, 6.45) is 4.22. The smallest absolute Gasteiger partial charge is 0.240 e. The minimum atomic E-state index is -3.26. The van der Waals surface area contributed by atoms with Crippen molar-refractivity contribution in [2.45, 2.75) is 31.1 Å². The summed E-state index contributed by atoms with van der Waals surface area (Å²) in [6.45, 7) is 4.66. The van der Waals surface area contributed by atoms with Gasteiger partial charge in [-0.05, 0) is 38.1 Å². The number of hydrogen-bond acceptors (Lipinski definition) is 3. The van der Waals surface area contributed by atoms with Crippen LogP contribution in [-0.2, 0) is 10.0 Å². The third kappa shape index (κ3) is 5.62. The van der Waals surface area contributed by atoms with Crippen molar-refractivity contribution in [2.75, 3.05) is 19.6 Å². The van der Waals surface area contributed by atoms with E-state index < -0.39 is 10.0 Å². The fourth-order valence-corrected chi connectivity index (χ4v) is 2.74. The molecule has 0 aromatic heterocycles. The molecule has 0 radical (unpaired) electrons. The summed E-state index contributed by atoms with van der Waals surface area (Å²) in [5.74, 6) is 0. The SMILES string of the molecule is C1CCNCC1.CCNS(=O)(=O)c1ccccc1. The van der Waals surface area contributed by atoms with Crippen molar-refractivity contribution < 1.29 is 8.42 Å². The molecule has 5 heteroatoms. The fourth-order valence-electron chi connectivity index (χ4n) is 1.67. The monoisotopic (exact) mass is 270 g/mol. The molecule has 0 atom stereocenters. The van der Waals surface area contributed by atoms with Crippen molar-refractivity contribution in [1.29, 1.82) is 0 Å². The summed E-state index contributed by atoms with van der Waals surface area (Å²) in [7, 11) is -3.26. The van der Waals surface area contributed by atoms with Crippen LogP contribution in [0.25, 0.3) is 0 Å². The zero-order chi connectivity index (χ0) is 13.3. The lowest BCUT2D eigenvalue weighted by atomic mass is 10.2. The molecule has 0 unspecified atom stereocenters. The van der Waals surface area contributed by atoms with Crippen molar-refractivity contribution >= 4 is 10.0 Å². The average molecular weight is 270 g/mol. The number of sulfonamides is 1. The third-order valence-electron chi connectivity index (χ3n) is 2.59. The van der Waals surface area contributed by atoms with Crippen molar-refractivity contribution in [3.63, 3.8) is 0 Å². The third-order valence-corrected chi connectivity index (χ3v) is 4.16. The van der Waals surface area contributed by atoms with Crippen LogP contribution in [-0.4, -0.2) is 28.1 Å². The number of rotatable bonds is 3. The molecule has 0 spiro atoms. The van der Waals surface area contributed by atoms with E-state index >= 15 is 0 Å². The van der Waals surface area contributed by atoms with Gasteiger partial charge in [-0.25, -0.2) is 13.1 Å². The van der Waals surface area contributed by atoms with Gasteiger partial charge in [0.25, 0.3) is 0 Å². The first-order valence-electron chi connectivity index (χ1n) is 6.42. The highest BCUT2D eigenvalue weighted by molar-refractivity contribution is 7.89. The molecule has 18 heavy (non-hydrogen) atoms. The molecule has 2 N–H and O–H groups in total. The molecule has 0 saturated carbocycles. The normalized spacial score (nSPS) is 15.6. The van der Waals surface area contributed by atoms with Crippen LogP contribution in [0.4, 0.5) is 0 Å². The molecule has 1 aliphatic rings. The standard InChI is InChI=1S/C8H11NO2S.C5H11N/c1-2-9-12(10,11)8-6-4-3-5-7-8;1-2-4-6-5-3-1/h3-7,9H,2H2,1H3;6H,1-5H2. The van der Waals surface area contributed by atoms with E-state index in [9.17, 15) is 8.42 Å². The van der Waals surface area contributed by atoms with E-state index in [1.807, 2.05) is 0 Å². The quantitative estimate of drug-likeness (QED) is 0.879. The minimum absolute atomic E-state index is 0.312. The van der Waals surface area contributed by atoms with Gasteiger partial charge in [-0.15, -0.1) is 0 Å². The first-order valence-corrected chi connectivity index (χ1v) is 7.90. The van der Waals surface area contributed by atoms with Crippen molar-refractivity contribution in [3.05, 3.63) is 30.3 Å². The second kappa shape index (κ2) is 8.24. The summed E-state index contributed by atoms with van der Waals surface area (Å²) in [5, 5.41) is 3.28. The lowest BCUT2D eigenvalue weighted by molar-refractivity contribution is 0.520. The van der Waals surface area contributed by atoms with Crippen LogP contribution >= 0.6 is 0 Å².